The number of rotatable bonds is 4. The van der Waals surface area contributed by atoms with Crippen molar-refractivity contribution in [1.29, 1.82) is 0 Å². The van der Waals surface area contributed by atoms with Gasteiger partial charge in [-0.1, -0.05) is 17.7 Å². The molecular weight excluding hydrogens is 290 g/mol. The van der Waals surface area contributed by atoms with Crippen LogP contribution in [0.15, 0.2) is 18.2 Å². The van der Waals surface area contributed by atoms with E-state index in [1.807, 2.05) is 25.1 Å². The highest BCUT2D eigenvalue weighted by atomic mass is 35.5. The van der Waals surface area contributed by atoms with Crippen molar-refractivity contribution in [3.63, 3.8) is 0 Å². The van der Waals surface area contributed by atoms with Crippen LogP contribution in [0.3, 0.4) is 0 Å². The molecule has 1 saturated heterocycles. The third-order valence-corrected chi connectivity index (χ3v) is 4.42. The van der Waals surface area contributed by atoms with E-state index in [-0.39, 0.29) is 11.9 Å². The molecule has 21 heavy (non-hydrogen) atoms. The second-order valence-electron chi connectivity index (χ2n) is 5.43. The molecule has 114 valence electrons. The summed E-state index contributed by atoms with van der Waals surface area (Å²) < 4.78 is 4.85. The maximum Gasteiger partial charge on any atom is 0.312 e. The largest absolute Gasteiger partial charge is 0.469 e. The number of nitrogens with zero attached hydrogens (tertiary/aromatic N) is 1. The van der Waals surface area contributed by atoms with E-state index < -0.39 is 0 Å². The van der Waals surface area contributed by atoms with Crippen LogP contribution in [0.5, 0.6) is 0 Å². The van der Waals surface area contributed by atoms with E-state index in [1.165, 1.54) is 7.11 Å². The minimum Gasteiger partial charge on any atom is -0.469 e. The second-order valence-corrected chi connectivity index (χ2v) is 5.87. The lowest BCUT2D eigenvalue weighted by Gasteiger charge is -2.31. The molecular formula is C16H20ClNO3. The van der Waals surface area contributed by atoms with Crippen LogP contribution in [0.25, 0.3) is 0 Å². The van der Waals surface area contributed by atoms with Crippen LogP contribution >= 0.6 is 11.6 Å². The molecule has 0 N–H and O–H groups in total. The number of methoxy groups -OCH3 is 1. The van der Waals surface area contributed by atoms with E-state index in [0.717, 1.165) is 43.5 Å². The Morgan fingerprint density at radius 3 is 2.67 bits per heavy atom. The van der Waals surface area contributed by atoms with E-state index in [9.17, 15) is 9.59 Å². The van der Waals surface area contributed by atoms with E-state index in [0.29, 0.717) is 10.9 Å². The van der Waals surface area contributed by atoms with Crippen molar-refractivity contribution in [1.82, 2.24) is 4.90 Å². The van der Waals surface area contributed by atoms with Gasteiger partial charge in [0.2, 0.25) is 6.41 Å². The number of carbonyl (C=O) groups is 2. The minimum absolute atomic E-state index is 0.260. The molecule has 5 heteroatoms. The van der Waals surface area contributed by atoms with Crippen LogP contribution in [0.1, 0.15) is 42.7 Å². The molecule has 2 rings (SSSR count). The summed E-state index contributed by atoms with van der Waals surface area (Å²) in [5.74, 6) is -0.253. The van der Waals surface area contributed by atoms with E-state index in [4.69, 9.17) is 16.3 Å². The number of benzene rings is 1. The summed E-state index contributed by atoms with van der Waals surface area (Å²) in [6.07, 6.45) is 2.71. The van der Waals surface area contributed by atoms with Crippen LogP contribution in [-0.4, -0.2) is 37.5 Å². The van der Waals surface area contributed by atoms with Crippen molar-refractivity contribution in [2.45, 2.75) is 31.6 Å². The fraction of sp³-hybridized carbons (Fsp3) is 0.500. The van der Waals surface area contributed by atoms with Crippen molar-refractivity contribution in [3.8, 4) is 0 Å². The molecule has 0 radical (unpaired) electrons. The summed E-state index contributed by atoms with van der Waals surface area (Å²) in [5.41, 5.74) is 2.07. The zero-order valence-electron chi connectivity index (χ0n) is 12.3. The molecule has 0 aromatic heterocycles. The normalized spacial score (nSPS) is 17.4. The van der Waals surface area contributed by atoms with Gasteiger partial charge in [-0.2, -0.15) is 0 Å². The number of piperidine rings is 1. The first-order chi connectivity index (χ1) is 10.1. The summed E-state index contributed by atoms with van der Waals surface area (Å²) in [4.78, 5) is 24.4. The highest BCUT2D eigenvalue weighted by molar-refractivity contribution is 6.30. The Hall–Kier alpha value is -1.55. The van der Waals surface area contributed by atoms with Gasteiger partial charge < -0.3 is 9.64 Å². The van der Waals surface area contributed by atoms with Gasteiger partial charge in [-0.15, -0.1) is 0 Å². The number of halogens is 1. The molecule has 4 nitrogen and oxygen atoms in total. The summed E-state index contributed by atoms with van der Waals surface area (Å²) in [6.45, 7) is 3.34. The molecule has 1 amide bonds. The lowest BCUT2D eigenvalue weighted by atomic mass is 9.83. The van der Waals surface area contributed by atoms with Gasteiger partial charge in [0.25, 0.3) is 0 Å². The molecule has 0 spiro atoms. The summed E-state index contributed by atoms with van der Waals surface area (Å²) in [7, 11) is 1.39. The lowest BCUT2D eigenvalue weighted by Crippen LogP contribution is -2.32. The number of amides is 1. The second kappa shape index (κ2) is 6.94. The van der Waals surface area contributed by atoms with Crippen LogP contribution < -0.4 is 0 Å². The average molecular weight is 310 g/mol. The Kier molecular flexibility index (Phi) is 5.23. The molecule has 1 unspecified atom stereocenters. The molecule has 0 bridgehead atoms. The van der Waals surface area contributed by atoms with Crippen molar-refractivity contribution in [2.75, 3.05) is 20.2 Å². The smallest absolute Gasteiger partial charge is 0.312 e. The van der Waals surface area contributed by atoms with Gasteiger partial charge in [0.15, 0.2) is 0 Å². The standard InChI is InChI=1S/C16H20ClNO3/c1-11(16(20)21-2)15-9-13(17)3-4-14(15)12-5-7-18(10-19)8-6-12/h3-4,9-12H,5-8H2,1-2H3. The number of likely N-dealkylation sites (tertiary alicyclic amines) is 1. The zero-order chi connectivity index (χ0) is 15.4. The van der Waals surface area contributed by atoms with E-state index in [2.05, 4.69) is 0 Å². The zero-order valence-corrected chi connectivity index (χ0v) is 13.1. The number of esters is 1. The topological polar surface area (TPSA) is 46.6 Å². The monoisotopic (exact) mass is 309 g/mol. The predicted octanol–water partition coefficient (Wildman–Crippen LogP) is 2.95. The molecule has 0 saturated carbocycles. The van der Waals surface area contributed by atoms with Crippen LogP contribution in [0.2, 0.25) is 5.02 Å². The van der Waals surface area contributed by atoms with E-state index >= 15 is 0 Å². The molecule has 1 atom stereocenters. The van der Waals surface area contributed by atoms with Crippen molar-refractivity contribution < 1.29 is 14.3 Å². The van der Waals surface area contributed by atoms with Crippen LogP contribution in [-0.2, 0) is 14.3 Å². The maximum absolute atomic E-state index is 11.8. The van der Waals surface area contributed by atoms with Crippen molar-refractivity contribution >= 4 is 24.0 Å². The van der Waals surface area contributed by atoms with Crippen LogP contribution in [0, 0.1) is 0 Å². The van der Waals surface area contributed by atoms with E-state index in [1.54, 1.807) is 4.90 Å². The molecule has 1 aliphatic rings. The predicted molar refractivity (Wildman–Crippen MR) is 81.5 cm³/mol. The van der Waals surface area contributed by atoms with Gasteiger partial charge in [0, 0.05) is 18.1 Å². The first-order valence-electron chi connectivity index (χ1n) is 7.13. The Balaban J connectivity index is 2.27. The molecule has 1 aliphatic heterocycles. The van der Waals surface area contributed by atoms with Gasteiger partial charge in [-0.25, -0.2) is 0 Å². The SMILES string of the molecule is COC(=O)C(C)c1cc(Cl)ccc1C1CCN(C=O)CC1. The third kappa shape index (κ3) is 3.56. The van der Waals surface area contributed by atoms with Crippen molar-refractivity contribution in [2.24, 2.45) is 0 Å². The summed E-state index contributed by atoms with van der Waals surface area (Å²) in [5, 5.41) is 0.620. The number of ether oxygens (including phenoxy) is 1. The van der Waals surface area contributed by atoms with Gasteiger partial charge in [-0.05, 0) is 48.9 Å². The molecule has 1 fully saturated rings. The Labute approximate surface area is 130 Å². The summed E-state index contributed by atoms with van der Waals surface area (Å²) in [6, 6.07) is 5.71. The molecule has 1 aromatic carbocycles. The van der Waals surface area contributed by atoms with Gasteiger partial charge in [0.1, 0.15) is 0 Å². The van der Waals surface area contributed by atoms with Crippen molar-refractivity contribution in [3.05, 3.63) is 34.3 Å². The Morgan fingerprint density at radius 2 is 2.10 bits per heavy atom. The highest BCUT2D eigenvalue weighted by Gasteiger charge is 2.26. The summed E-state index contributed by atoms with van der Waals surface area (Å²) >= 11 is 6.09. The average Bonchev–Trinajstić information content (AvgIpc) is 2.53. The Morgan fingerprint density at radius 1 is 1.43 bits per heavy atom. The van der Waals surface area contributed by atoms with Gasteiger partial charge in [0.05, 0.1) is 13.0 Å². The maximum atomic E-state index is 11.8. The quantitative estimate of drug-likeness (QED) is 0.634. The first-order valence-corrected chi connectivity index (χ1v) is 7.51. The van der Waals surface area contributed by atoms with Gasteiger partial charge >= 0.3 is 5.97 Å². The fourth-order valence-corrected chi connectivity index (χ4v) is 3.09. The first kappa shape index (κ1) is 15.8. The van der Waals surface area contributed by atoms with Crippen LogP contribution in [0.4, 0.5) is 0 Å². The number of carbonyl (C=O) groups excluding carboxylic acids is 2. The lowest BCUT2D eigenvalue weighted by molar-refractivity contribution is -0.142. The van der Waals surface area contributed by atoms with Gasteiger partial charge in [-0.3, -0.25) is 9.59 Å². The Bertz CT molecular complexity index is 524. The molecule has 1 heterocycles. The fourth-order valence-electron chi connectivity index (χ4n) is 2.91. The molecule has 1 aromatic rings. The number of hydrogen-bond acceptors (Lipinski definition) is 3. The highest BCUT2D eigenvalue weighted by Crippen LogP contribution is 2.35. The number of hydrogen-bond donors (Lipinski definition) is 0. The molecule has 0 aliphatic carbocycles. The third-order valence-electron chi connectivity index (χ3n) is 4.19. The minimum atomic E-state index is -0.340.